The fourth-order valence-electron chi connectivity index (χ4n) is 2.01. The van der Waals surface area contributed by atoms with Crippen LogP contribution in [-0.2, 0) is 19.5 Å². The summed E-state index contributed by atoms with van der Waals surface area (Å²) in [7, 11) is 0. The van der Waals surface area contributed by atoms with Gasteiger partial charge < -0.3 is 5.32 Å². The summed E-state index contributed by atoms with van der Waals surface area (Å²) in [6.07, 6.45) is 3.08. The van der Waals surface area contributed by atoms with E-state index in [9.17, 15) is 0 Å². The third-order valence-corrected chi connectivity index (χ3v) is 2.78. The number of rotatable bonds is 7. The highest BCUT2D eigenvalue weighted by molar-refractivity contribution is 5.17. The van der Waals surface area contributed by atoms with Crippen LogP contribution in [0.4, 0.5) is 0 Å². The summed E-state index contributed by atoms with van der Waals surface area (Å²) in [5.74, 6) is 1.35. The van der Waals surface area contributed by atoms with Crippen LogP contribution in [0.1, 0.15) is 45.9 Å². The topological polar surface area (TPSA) is 29.9 Å². The molecular weight excluding hydrogens is 210 g/mol. The predicted molar refractivity (Wildman–Crippen MR) is 73.0 cm³/mol. The van der Waals surface area contributed by atoms with Gasteiger partial charge in [-0.05, 0) is 24.8 Å². The highest BCUT2D eigenvalue weighted by Gasteiger charge is 2.09. The smallest absolute Gasteiger partial charge is 0.0537 e. The molecule has 0 amide bonds. The first-order chi connectivity index (χ1) is 8.04. The van der Waals surface area contributed by atoms with Crippen LogP contribution in [-0.4, -0.2) is 16.3 Å². The largest absolute Gasteiger partial charge is 0.312 e. The van der Waals surface area contributed by atoms with Crippen LogP contribution in [0.15, 0.2) is 6.20 Å². The van der Waals surface area contributed by atoms with Gasteiger partial charge in [-0.2, -0.15) is 5.10 Å². The molecule has 0 fully saturated rings. The molecule has 0 saturated heterocycles. The van der Waals surface area contributed by atoms with Gasteiger partial charge in [0.25, 0.3) is 0 Å². The molecule has 1 rings (SSSR count). The highest BCUT2D eigenvalue weighted by Crippen LogP contribution is 2.11. The van der Waals surface area contributed by atoms with Crippen LogP contribution in [0, 0.1) is 11.8 Å². The molecule has 0 aliphatic carbocycles. The van der Waals surface area contributed by atoms with Gasteiger partial charge in [0.1, 0.15) is 0 Å². The Kier molecular flexibility index (Phi) is 5.69. The van der Waals surface area contributed by atoms with Crippen molar-refractivity contribution in [2.75, 3.05) is 6.54 Å². The second kappa shape index (κ2) is 6.80. The minimum Gasteiger partial charge on any atom is -0.312 e. The van der Waals surface area contributed by atoms with Gasteiger partial charge in [-0.25, -0.2) is 0 Å². The normalized spacial score (nSPS) is 11.7. The van der Waals surface area contributed by atoms with E-state index < -0.39 is 0 Å². The number of hydrogen-bond acceptors (Lipinski definition) is 2. The fourth-order valence-corrected chi connectivity index (χ4v) is 2.01. The minimum absolute atomic E-state index is 0.650. The van der Waals surface area contributed by atoms with Crippen LogP contribution >= 0.6 is 0 Å². The maximum absolute atomic E-state index is 4.50. The van der Waals surface area contributed by atoms with E-state index in [1.807, 2.05) is 6.20 Å². The Bertz CT molecular complexity index is 326. The lowest BCUT2D eigenvalue weighted by Crippen LogP contribution is -2.20. The van der Waals surface area contributed by atoms with Crippen molar-refractivity contribution in [2.24, 2.45) is 11.8 Å². The summed E-state index contributed by atoms with van der Waals surface area (Å²) in [4.78, 5) is 0. The Balaban J connectivity index is 2.62. The van der Waals surface area contributed by atoms with E-state index in [0.29, 0.717) is 11.8 Å². The van der Waals surface area contributed by atoms with E-state index in [1.165, 1.54) is 11.3 Å². The molecule has 1 N–H and O–H groups in total. The first-order valence-corrected chi connectivity index (χ1v) is 6.78. The third-order valence-electron chi connectivity index (χ3n) is 2.78. The van der Waals surface area contributed by atoms with Gasteiger partial charge in [-0.1, -0.05) is 34.6 Å². The van der Waals surface area contributed by atoms with Gasteiger partial charge >= 0.3 is 0 Å². The Hall–Kier alpha value is -0.830. The summed E-state index contributed by atoms with van der Waals surface area (Å²) < 4.78 is 2.16. The molecule has 98 valence electrons. The summed E-state index contributed by atoms with van der Waals surface area (Å²) in [5, 5.41) is 7.99. The van der Waals surface area contributed by atoms with Crippen molar-refractivity contribution in [3.63, 3.8) is 0 Å². The third kappa shape index (κ3) is 4.50. The number of nitrogens with one attached hydrogen (secondary N) is 1. The minimum atomic E-state index is 0.650. The van der Waals surface area contributed by atoms with Crippen molar-refractivity contribution in [2.45, 2.75) is 54.1 Å². The van der Waals surface area contributed by atoms with E-state index in [0.717, 1.165) is 26.1 Å². The molecule has 0 radical (unpaired) electrons. The quantitative estimate of drug-likeness (QED) is 0.790. The molecular formula is C14H27N3. The summed E-state index contributed by atoms with van der Waals surface area (Å²) in [5.41, 5.74) is 2.74. The Morgan fingerprint density at radius 3 is 2.47 bits per heavy atom. The molecule has 0 atom stereocenters. The Morgan fingerprint density at radius 1 is 1.24 bits per heavy atom. The average molecular weight is 237 g/mol. The molecule has 0 aromatic carbocycles. The fraction of sp³-hybridized carbons (Fsp3) is 0.786. The first-order valence-electron chi connectivity index (χ1n) is 6.78. The summed E-state index contributed by atoms with van der Waals surface area (Å²) >= 11 is 0. The second-order valence-electron chi connectivity index (χ2n) is 5.57. The molecule has 0 aliphatic rings. The predicted octanol–water partition coefficient (Wildman–Crippen LogP) is 2.85. The van der Waals surface area contributed by atoms with E-state index in [1.54, 1.807) is 0 Å². The monoisotopic (exact) mass is 237 g/mol. The van der Waals surface area contributed by atoms with E-state index in [2.05, 4.69) is 49.7 Å². The lowest BCUT2D eigenvalue weighted by molar-refractivity contribution is 0.468. The number of hydrogen-bond donors (Lipinski definition) is 1. The van der Waals surface area contributed by atoms with Crippen LogP contribution in [0.25, 0.3) is 0 Å². The van der Waals surface area contributed by atoms with Gasteiger partial charge in [0.2, 0.25) is 0 Å². The van der Waals surface area contributed by atoms with Crippen molar-refractivity contribution in [1.82, 2.24) is 15.1 Å². The summed E-state index contributed by atoms with van der Waals surface area (Å²) in [6.45, 7) is 14.2. The van der Waals surface area contributed by atoms with Crippen LogP contribution in [0.2, 0.25) is 0 Å². The average Bonchev–Trinajstić information content (AvgIpc) is 2.59. The molecule has 1 aromatic rings. The molecule has 0 unspecified atom stereocenters. The zero-order chi connectivity index (χ0) is 12.8. The van der Waals surface area contributed by atoms with Crippen molar-refractivity contribution < 1.29 is 0 Å². The molecule has 0 saturated carbocycles. The molecule has 0 bridgehead atoms. The molecule has 17 heavy (non-hydrogen) atoms. The SMILES string of the molecule is CCc1c(CNCC(C)C)cnn1CC(C)C. The van der Waals surface area contributed by atoms with E-state index in [4.69, 9.17) is 0 Å². The Labute approximate surface area is 106 Å². The van der Waals surface area contributed by atoms with Crippen LogP contribution in [0.3, 0.4) is 0 Å². The summed E-state index contributed by atoms with van der Waals surface area (Å²) in [6, 6.07) is 0. The van der Waals surface area contributed by atoms with Gasteiger partial charge in [0.05, 0.1) is 6.20 Å². The van der Waals surface area contributed by atoms with Gasteiger partial charge in [-0.15, -0.1) is 0 Å². The van der Waals surface area contributed by atoms with Crippen LogP contribution in [0.5, 0.6) is 0 Å². The van der Waals surface area contributed by atoms with E-state index >= 15 is 0 Å². The molecule has 1 heterocycles. The van der Waals surface area contributed by atoms with Crippen molar-refractivity contribution in [3.05, 3.63) is 17.5 Å². The van der Waals surface area contributed by atoms with Crippen molar-refractivity contribution in [1.29, 1.82) is 0 Å². The molecule has 1 aromatic heterocycles. The number of nitrogens with zero attached hydrogens (tertiary/aromatic N) is 2. The van der Waals surface area contributed by atoms with Crippen molar-refractivity contribution in [3.8, 4) is 0 Å². The number of aromatic nitrogens is 2. The zero-order valence-electron chi connectivity index (χ0n) is 12.0. The van der Waals surface area contributed by atoms with Gasteiger partial charge in [0, 0.05) is 24.3 Å². The van der Waals surface area contributed by atoms with Gasteiger partial charge in [0.15, 0.2) is 0 Å². The maximum Gasteiger partial charge on any atom is 0.0537 e. The van der Waals surface area contributed by atoms with E-state index in [-0.39, 0.29) is 0 Å². The molecule has 3 nitrogen and oxygen atoms in total. The lowest BCUT2D eigenvalue weighted by Gasteiger charge is -2.11. The zero-order valence-corrected chi connectivity index (χ0v) is 12.0. The highest BCUT2D eigenvalue weighted by atomic mass is 15.3. The molecule has 0 spiro atoms. The molecule has 0 aliphatic heterocycles. The first kappa shape index (κ1) is 14.2. The van der Waals surface area contributed by atoms with Gasteiger partial charge in [-0.3, -0.25) is 4.68 Å². The van der Waals surface area contributed by atoms with Crippen LogP contribution < -0.4 is 5.32 Å². The lowest BCUT2D eigenvalue weighted by atomic mass is 10.1. The molecule has 3 heteroatoms. The maximum atomic E-state index is 4.50. The van der Waals surface area contributed by atoms with Crippen molar-refractivity contribution >= 4 is 0 Å². The standard InChI is InChI=1S/C14H27N3/c1-6-14-13(8-15-7-11(2)3)9-16-17(14)10-12(4)5/h9,11-12,15H,6-8,10H2,1-5H3. The Morgan fingerprint density at radius 2 is 1.94 bits per heavy atom. The second-order valence-corrected chi connectivity index (χ2v) is 5.57.